The highest BCUT2D eigenvalue weighted by Gasteiger charge is 2.54. The molecule has 4 aromatic carbocycles. The molecule has 44 heavy (non-hydrogen) atoms. The Bertz CT molecular complexity index is 1860. The Morgan fingerprint density at radius 3 is 1.80 bits per heavy atom. The number of fused-ring (bicyclic) bond motifs is 4. The lowest BCUT2D eigenvalue weighted by Gasteiger charge is -2.42. The molecule has 0 amide bonds. The average molecular weight is 595 g/mol. The van der Waals surface area contributed by atoms with Crippen LogP contribution in [0, 0.1) is 5.92 Å². The first-order chi connectivity index (χ1) is 21.7. The standard InChI is InChI=1S/C38H33N3O2P/c42-35-23-13-22-34-30-24-28(26-41(34)35)25-40(27-30)38-37(39-36(43-38)29-14-5-1-6-15-29)44(31-16-7-2-8-17-31,32-18-9-3-10-19-32)33-20-11-4-12-21-33/h1-23,28,30H,24-27H2/q+1/t28-,30+/m0/s1. The van der Waals surface area contributed by atoms with Crippen molar-refractivity contribution in [1.82, 2.24) is 9.55 Å². The summed E-state index contributed by atoms with van der Waals surface area (Å²) in [5, 5.41) is 3.71. The topological polar surface area (TPSA) is 51.3 Å². The molecule has 2 aromatic heterocycles. The second kappa shape index (κ2) is 11.1. The number of nitrogens with zero attached hydrogens (tertiary/aromatic N) is 3. The van der Waals surface area contributed by atoms with Crippen molar-refractivity contribution < 1.29 is 4.42 Å². The fourth-order valence-corrected chi connectivity index (χ4v) is 11.5. The van der Waals surface area contributed by atoms with Crippen LogP contribution in [0.25, 0.3) is 11.5 Å². The maximum atomic E-state index is 12.8. The van der Waals surface area contributed by atoms with E-state index in [0.29, 0.717) is 11.8 Å². The zero-order valence-electron chi connectivity index (χ0n) is 24.4. The smallest absolute Gasteiger partial charge is 0.262 e. The molecule has 216 valence electrons. The predicted octanol–water partition coefficient (Wildman–Crippen LogP) is 5.75. The molecule has 0 aliphatic carbocycles. The molecule has 2 aliphatic heterocycles. The molecule has 6 aromatic rings. The van der Waals surface area contributed by atoms with Gasteiger partial charge in [-0.1, -0.05) is 78.9 Å². The van der Waals surface area contributed by atoms with Gasteiger partial charge in [0, 0.05) is 42.9 Å². The molecular formula is C38H33N3O2P+. The minimum absolute atomic E-state index is 0.0968. The first-order valence-electron chi connectivity index (χ1n) is 15.3. The summed E-state index contributed by atoms with van der Waals surface area (Å²) in [6.07, 6.45) is 1.07. The van der Waals surface area contributed by atoms with Gasteiger partial charge in [-0.15, -0.1) is 0 Å². The zero-order chi connectivity index (χ0) is 29.5. The predicted molar refractivity (Wildman–Crippen MR) is 180 cm³/mol. The van der Waals surface area contributed by atoms with E-state index < -0.39 is 7.26 Å². The fraction of sp³-hybridized carbons (Fsp3) is 0.158. The molecule has 0 saturated carbocycles. The number of aromatic nitrogens is 2. The quantitative estimate of drug-likeness (QED) is 0.231. The van der Waals surface area contributed by atoms with Crippen molar-refractivity contribution in [3.05, 3.63) is 156 Å². The Morgan fingerprint density at radius 2 is 1.20 bits per heavy atom. The lowest BCUT2D eigenvalue weighted by Crippen LogP contribution is -2.49. The zero-order valence-corrected chi connectivity index (χ0v) is 25.3. The number of anilines is 1. The Hall–Kier alpha value is -4.73. The van der Waals surface area contributed by atoms with Gasteiger partial charge in [0.15, 0.2) is 7.26 Å². The molecule has 6 heteroatoms. The van der Waals surface area contributed by atoms with Gasteiger partial charge in [0.05, 0.1) is 0 Å². The number of rotatable bonds is 6. The van der Waals surface area contributed by atoms with Gasteiger partial charge in [-0.25, -0.2) is 0 Å². The highest BCUT2D eigenvalue weighted by atomic mass is 31.2. The van der Waals surface area contributed by atoms with E-state index in [4.69, 9.17) is 9.40 Å². The maximum absolute atomic E-state index is 12.8. The lowest BCUT2D eigenvalue weighted by atomic mass is 9.83. The summed E-state index contributed by atoms with van der Waals surface area (Å²) in [5.74, 6) is 2.06. The summed E-state index contributed by atoms with van der Waals surface area (Å²) in [4.78, 5) is 20.7. The van der Waals surface area contributed by atoms with Crippen molar-refractivity contribution in [2.75, 3.05) is 18.0 Å². The molecular weight excluding hydrogens is 561 g/mol. The van der Waals surface area contributed by atoms with E-state index in [9.17, 15) is 4.79 Å². The third-order valence-electron chi connectivity index (χ3n) is 9.13. The van der Waals surface area contributed by atoms with Crippen LogP contribution in [0.5, 0.6) is 0 Å². The van der Waals surface area contributed by atoms with Crippen LogP contribution in [0.1, 0.15) is 18.0 Å². The Kier molecular flexibility index (Phi) is 6.76. The number of oxazole rings is 1. The van der Waals surface area contributed by atoms with Crippen molar-refractivity contribution >= 4 is 34.5 Å². The fourth-order valence-electron chi connectivity index (χ4n) is 7.26. The molecule has 1 fully saturated rings. The third kappa shape index (κ3) is 4.42. The van der Waals surface area contributed by atoms with E-state index >= 15 is 0 Å². The summed E-state index contributed by atoms with van der Waals surface area (Å²) >= 11 is 0. The molecule has 8 rings (SSSR count). The summed E-state index contributed by atoms with van der Waals surface area (Å²) in [7, 11) is -2.52. The summed E-state index contributed by atoms with van der Waals surface area (Å²) < 4.78 is 8.95. The van der Waals surface area contributed by atoms with Crippen LogP contribution < -0.4 is 31.8 Å². The number of hydrogen-bond acceptors (Lipinski definition) is 4. The molecule has 5 nitrogen and oxygen atoms in total. The van der Waals surface area contributed by atoms with Gasteiger partial charge in [-0.2, -0.15) is 4.98 Å². The van der Waals surface area contributed by atoms with Crippen molar-refractivity contribution in [1.29, 1.82) is 0 Å². The summed E-state index contributed by atoms with van der Waals surface area (Å²) in [5.41, 5.74) is 3.17. The lowest BCUT2D eigenvalue weighted by molar-refractivity contribution is 0.275. The number of piperidine rings is 1. The van der Waals surface area contributed by atoms with Crippen LogP contribution in [0.15, 0.2) is 149 Å². The Balaban J connectivity index is 1.40. The van der Waals surface area contributed by atoms with Crippen LogP contribution >= 0.6 is 7.26 Å². The van der Waals surface area contributed by atoms with Crippen LogP contribution in [-0.4, -0.2) is 22.6 Å². The van der Waals surface area contributed by atoms with Crippen LogP contribution in [-0.2, 0) is 6.54 Å². The molecule has 2 atom stereocenters. The van der Waals surface area contributed by atoms with Gasteiger partial charge in [-0.05, 0) is 66.9 Å². The number of benzene rings is 4. The molecule has 2 bridgehead atoms. The molecule has 1 saturated heterocycles. The Labute approximate surface area is 257 Å². The van der Waals surface area contributed by atoms with Crippen molar-refractivity contribution in [3.63, 3.8) is 0 Å². The van der Waals surface area contributed by atoms with Crippen LogP contribution in [0.4, 0.5) is 5.88 Å². The first kappa shape index (κ1) is 26.9. The molecule has 0 N–H and O–H groups in total. The van der Waals surface area contributed by atoms with Crippen molar-refractivity contribution in [2.24, 2.45) is 5.92 Å². The van der Waals surface area contributed by atoms with Gasteiger partial charge in [0.2, 0.25) is 5.89 Å². The van der Waals surface area contributed by atoms with Gasteiger partial charge in [-0.3, -0.25) is 4.79 Å². The first-order valence-corrected chi connectivity index (χ1v) is 17.1. The van der Waals surface area contributed by atoms with Gasteiger partial charge in [0.1, 0.15) is 15.9 Å². The molecule has 4 heterocycles. The summed E-state index contributed by atoms with van der Waals surface area (Å²) in [6, 6.07) is 48.5. The molecule has 0 unspecified atom stereocenters. The highest BCUT2D eigenvalue weighted by Crippen LogP contribution is 2.56. The van der Waals surface area contributed by atoms with Crippen LogP contribution in [0.3, 0.4) is 0 Å². The normalized spacial score (nSPS) is 17.7. The largest absolute Gasteiger partial charge is 0.416 e. The Morgan fingerprint density at radius 1 is 0.636 bits per heavy atom. The van der Waals surface area contributed by atoms with E-state index in [0.717, 1.165) is 48.6 Å². The van der Waals surface area contributed by atoms with Gasteiger partial charge < -0.3 is 13.9 Å². The minimum Gasteiger partial charge on any atom is -0.416 e. The average Bonchev–Trinajstić information content (AvgIpc) is 3.53. The maximum Gasteiger partial charge on any atom is 0.262 e. The SMILES string of the molecule is O=c1cccc2n1C[C@H]1C[C@@H]2CN(c2oc(-c3ccccc3)nc2[P+](c2ccccc2)(c2ccccc2)c2ccccc2)C1. The number of hydrogen-bond donors (Lipinski definition) is 0. The molecule has 0 spiro atoms. The molecule has 2 aliphatic rings. The van der Waals surface area contributed by atoms with E-state index in [-0.39, 0.29) is 11.5 Å². The van der Waals surface area contributed by atoms with E-state index in [2.05, 4.69) is 114 Å². The molecule has 0 radical (unpaired) electrons. The van der Waals surface area contributed by atoms with Crippen LogP contribution in [0.2, 0.25) is 0 Å². The summed E-state index contributed by atoms with van der Waals surface area (Å²) in [6.45, 7) is 2.31. The van der Waals surface area contributed by atoms with E-state index in [1.54, 1.807) is 6.07 Å². The number of pyridine rings is 1. The highest BCUT2D eigenvalue weighted by molar-refractivity contribution is 8.01. The third-order valence-corrected chi connectivity index (χ3v) is 13.3. The second-order valence-electron chi connectivity index (χ2n) is 11.8. The van der Waals surface area contributed by atoms with E-state index in [1.165, 1.54) is 15.9 Å². The second-order valence-corrected chi connectivity index (χ2v) is 15.1. The van der Waals surface area contributed by atoms with Crippen molar-refractivity contribution in [2.45, 2.75) is 18.9 Å². The minimum atomic E-state index is -2.52. The monoisotopic (exact) mass is 594 g/mol. The van der Waals surface area contributed by atoms with Gasteiger partial charge in [0.25, 0.3) is 16.9 Å². The van der Waals surface area contributed by atoms with Crippen molar-refractivity contribution in [3.8, 4) is 11.5 Å². The van der Waals surface area contributed by atoms with E-state index in [1.807, 2.05) is 28.8 Å². The van der Waals surface area contributed by atoms with Gasteiger partial charge >= 0.3 is 0 Å².